The molecule has 0 unspecified atom stereocenters. The first kappa shape index (κ1) is 21.7. The lowest BCUT2D eigenvalue weighted by molar-refractivity contribution is 0.0973. The standard InChI is InChI=1S/C22H28N2O3S/c1-4-5-14-26-20-13-9-7-11-18(20)23-22(28)24-21(25)17-10-6-8-12-19(17)27-15-16(2)3/h6-13,16H,4-5,14-15H2,1-3H3,(H2,23,24,25,28). The van der Waals surface area contributed by atoms with E-state index in [-0.39, 0.29) is 11.0 Å². The van der Waals surface area contributed by atoms with Gasteiger partial charge in [0, 0.05) is 0 Å². The van der Waals surface area contributed by atoms with Gasteiger partial charge in [-0.25, -0.2) is 0 Å². The van der Waals surface area contributed by atoms with E-state index in [9.17, 15) is 4.79 Å². The zero-order chi connectivity index (χ0) is 20.4. The highest BCUT2D eigenvalue weighted by molar-refractivity contribution is 7.80. The minimum absolute atomic E-state index is 0.204. The van der Waals surface area contributed by atoms with Crippen LogP contribution in [0.1, 0.15) is 44.0 Å². The first-order valence-electron chi connectivity index (χ1n) is 9.57. The maximum Gasteiger partial charge on any atom is 0.261 e. The third-order valence-corrected chi connectivity index (χ3v) is 4.03. The van der Waals surface area contributed by atoms with Gasteiger partial charge in [-0.05, 0) is 48.8 Å². The van der Waals surface area contributed by atoms with Crippen molar-refractivity contribution in [3.8, 4) is 11.5 Å². The Kier molecular flexibility index (Phi) is 8.75. The average Bonchev–Trinajstić information content (AvgIpc) is 2.68. The summed E-state index contributed by atoms with van der Waals surface area (Å²) in [5.74, 6) is 1.29. The van der Waals surface area contributed by atoms with E-state index < -0.39 is 0 Å². The van der Waals surface area contributed by atoms with Gasteiger partial charge in [-0.3, -0.25) is 10.1 Å². The molecule has 1 amide bonds. The minimum Gasteiger partial charge on any atom is -0.492 e. The number of para-hydroxylation sites is 3. The third kappa shape index (κ3) is 6.85. The molecular weight excluding hydrogens is 372 g/mol. The number of hydrogen-bond acceptors (Lipinski definition) is 4. The second kappa shape index (κ2) is 11.3. The molecule has 0 spiro atoms. The Morgan fingerprint density at radius 3 is 2.43 bits per heavy atom. The molecule has 0 atom stereocenters. The summed E-state index contributed by atoms with van der Waals surface area (Å²) in [5, 5.41) is 5.96. The van der Waals surface area contributed by atoms with Crippen LogP contribution in [0.15, 0.2) is 48.5 Å². The van der Waals surface area contributed by atoms with E-state index >= 15 is 0 Å². The molecular formula is C22H28N2O3S. The Morgan fingerprint density at radius 1 is 1.04 bits per heavy atom. The fourth-order valence-corrected chi connectivity index (χ4v) is 2.59. The van der Waals surface area contributed by atoms with Crippen LogP contribution in [0.25, 0.3) is 0 Å². The molecule has 0 bridgehead atoms. The van der Waals surface area contributed by atoms with E-state index in [1.165, 1.54) is 0 Å². The molecule has 2 rings (SSSR count). The van der Waals surface area contributed by atoms with E-state index in [2.05, 4.69) is 31.4 Å². The van der Waals surface area contributed by atoms with Gasteiger partial charge >= 0.3 is 0 Å². The van der Waals surface area contributed by atoms with Gasteiger partial charge in [0.15, 0.2) is 5.11 Å². The number of nitrogens with one attached hydrogen (secondary N) is 2. The summed E-state index contributed by atoms with van der Waals surface area (Å²) < 4.78 is 11.5. The summed E-state index contributed by atoms with van der Waals surface area (Å²) >= 11 is 5.32. The lowest BCUT2D eigenvalue weighted by atomic mass is 10.2. The number of carbonyl (C=O) groups excluding carboxylic acids is 1. The first-order valence-corrected chi connectivity index (χ1v) is 9.98. The second-order valence-corrected chi connectivity index (χ2v) is 7.22. The smallest absolute Gasteiger partial charge is 0.261 e. The molecule has 0 radical (unpaired) electrons. The van der Waals surface area contributed by atoms with E-state index in [0.717, 1.165) is 12.8 Å². The zero-order valence-corrected chi connectivity index (χ0v) is 17.5. The number of rotatable bonds is 9. The van der Waals surface area contributed by atoms with Gasteiger partial charge in [-0.1, -0.05) is 51.5 Å². The molecule has 0 aliphatic heterocycles. The summed E-state index contributed by atoms with van der Waals surface area (Å²) in [6.07, 6.45) is 2.03. The Morgan fingerprint density at radius 2 is 1.71 bits per heavy atom. The molecule has 0 aliphatic carbocycles. The molecule has 28 heavy (non-hydrogen) atoms. The molecule has 2 N–H and O–H groups in total. The van der Waals surface area contributed by atoms with Gasteiger partial charge in [-0.15, -0.1) is 0 Å². The maximum atomic E-state index is 12.7. The Labute approximate surface area is 172 Å². The molecule has 5 nitrogen and oxygen atoms in total. The van der Waals surface area contributed by atoms with Crippen molar-refractivity contribution >= 4 is 28.9 Å². The number of carbonyl (C=O) groups is 1. The van der Waals surface area contributed by atoms with Crippen LogP contribution >= 0.6 is 12.2 Å². The van der Waals surface area contributed by atoms with Gasteiger partial charge in [0.05, 0.1) is 24.5 Å². The summed E-state index contributed by atoms with van der Waals surface area (Å²) in [7, 11) is 0. The van der Waals surface area contributed by atoms with Crippen LogP contribution in [0.4, 0.5) is 5.69 Å². The fraction of sp³-hybridized carbons (Fsp3) is 0.364. The van der Waals surface area contributed by atoms with Crippen LogP contribution < -0.4 is 20.1 Å². The van der Waals surface area contributed by atoms with Gasteiger partial charge in [0.2, 0.25) is 0 Å². The number of benzene rings is 2. The van der Waals surface area contributed by atoms with Crippen molar-refractivity contribution in [3.63, 3.8) is 0 Å². The Balaban J connectivity index is 2.01. The van der Waals surface area contributed by atoms with Crippen LogP contribution in [0.3, 0.4) is 0 Å². The van der Waals surface area contributed by atoms with E-state index in [0.29, 0.717) is 41.9 Å². The van der Waals surface area contributed by atoms with E-state index in [1.54, 1.807) is 18.2 Å². The SMILES string of the molecule is CCCCOc1ccccc1NC(=S)NC(=O)c1ccccc1OCC(C)C. The molecule has 2 aromatic rings. The third-order valence-electron chi connectivity index (χ3n) is 3.82. The van der Waals surface area contributed by atoms with Gasteiger partial charge in [0.1, 0.15) is 11.5 Å². The molecule has 0 aromatic heterocycles. The van der Waals surface area contributed by atoms with Crippen LogP contribution in [0, 0.1) is 5.92 Å². The summed E-state index contributed by atoms with van der Waals surface area (Å²) in [5.41, 5.74) is 1.16. The van der Waals surface area contributed by atoms with Crippen molar-refractivity contribution in [1.29, 1.82) is 0 Å². The Bertz CT molecular complexity index is 793. The quantitative estimate of drug-likeness (QED) is 0.457. The van der Waals surface area contributed by atoms with Crippen molar-refractivity contribution in [2.24, 2.45) is 5.92 Å². The van der Waals surface area contributed by atoms with Crippen molar-refractivity contribution in [2.75, 3.05) is 18.5 Å². The highest BCUT2D eigenvalue weighted by Gasteiger charge is 2.15. The number of amides is 1. The monoisotopic (exact) mass is 400 g/mol. The largest absolute Gasteiger partial charge is 0.492 e. The number of ether oxygens (including phenoxy) is 2. The van der Waals surface area contributed by atoms with Crippen molar-refractivity contribution in [1.82, 2.24) is 5.32 Å². The molecule has 0 saturated heterocycles. The zero-order valence-electron chi connectivity index (χ0n) is 16.7. The molecule has 0 fully saturated rings. The molecule has 0 heterocycles. The lowest BCUT2D eigenvalue weighted by Crippen LogP contribution is -2.34. The lowest BCUT2D eigenvalue weighted by Gasteiger charge is -2.15. The molecule has 6 heteroatoms. The number of hydrogen-bond donors (Lipinski definition) is 2. The average molecular weight is 401 g/mol. The predicted octanol–water partition coefficient (Wildman–Crippen LogP) is 5.03. The van der Waals surface area contributed by atoms with Gasteiger partial charge in [0.25, 0.3) is 5.91 Å². The van der Waals surface area contributed by atoms with E-state index in [1.807, 2.05) is 30.3 Å². The molecule has 2 aromatic carbocycles. The topological polar surface area (TPSA) is 59.6 Å². The predicted molar refractivity (Wildman–Crippen MR) is 117 cm³/mol. The fourth-order valence-electron chi connectivity index (χ4n) is 2.38. The maximum absolute atomic E-state index is 12.7. The first-order chi connectivity index (χ1) is 13.5. The molecule has 150 valence electrons. The number of anilines is 1. The van der Waals surface area contributed by atoms with Crippen LogP contribution in [-0.2, 0) is 0 Å². The highest BCUT2D eigenvalue weighted by atomic mass is 32.1. The van der Waals surface area contributed by atoms with Crippen LogP contribution in [0.5, 0.6) is 11.5 Å². The summed E-state index contributed by atoms with van der Waals surface area (Å²) in [6.45, 7) is 7.40. The van der Waals surface area contributed by atoms with Crippen molar-refractivity contribution in [3.05, 3.63) is 54.1 Å². The molecule has 0 saturated carbocycles. The van der Waals surface area contributed by atoms with Crippen LogP contribution in [-0.4, -0.2) is 24.2 Å². The number of thiocarbonyl (C=S) groups is 1. The van der Waals surface area contributed by atoms with Gasteiger partial charge in [-0.2, -0.15) is 0 Å². The molecule has 0 aliphatic rings. The van der Waals surface area contributed by atoms with Crippen molar-refractivity contribution in [2.45, 2.75) is 33.6 Å². The number of unbranched alkanes of at least 4 members (excludes halogenated alkanes) is 1. The Hall–Kier alpha value is -2.60. The second-order valence-electron chi connectivity index (χ2n) is 6.81. The van der Waals surface area contributed by atoms with Crippen molar-refractivity contribution < 1.29 is 14.3 Å². The minimum atomic E-state index is -0.318. The normalized spacial score (nSPS) is 10.4. The van der Waals surface area contributed by atoms with E-state index in [4.69, 9.17) is 21.7 Å². The highest BCUT2D eigenvalue weighted by Crippen LogP contribution is 2.24. The summed E-state index contributed by atoms with van der Waals surface area (Å²) in [4.78, 5) is 12.7. The summed E-state index contributed by atoms with van der Waals surface area (Å²) in [6, 6.07) is 14.7. The van der Waals surface area contributed by atoms with Crippen LogP contribution in [0.2, 0.25) is 0 Å². The van der Waals surface area contributed by atoms with Gasteiger partial charge < -0.3 is 14.8 Å².